The van der Waals surface area contributed by atoms with Gasteiger partial charge in [-0.05, 0) is 31.0 Å². The van der Waals surface area contributed by atoms with E-state index in [0.29, 0.717) is 28.9 Å². The number of allylic oxidation sites excluding steroid dienone is 1. The summed E-state index contributed by atoms with van der Waals surface area (Å²) >= 11 is 1.95. The van der Waals surface area contributed by atoms with Gasteiger partial charge in [0.1, 0.15) is 11.9 Å². The molecule has 2 fully saturated rings. The molecule has 0 saturated carbocycles. The molecule has 1 atom stereocenters. The Balaban J connectivity index is 1.64. The molecule has 2 heterocycles. The average molecular weight is 498 g/mol. The number of nitrogens with one attached hydrogen (secondary N) is 1. The molecule has 3 rings (SSSR count). The van der Waals surface area contributed by atoms with E-state index in [1.54, 1.807) is 18.2 Å². The first-order chi connectivity index (χ1) is 13.5. The molecule has 7 nitrogen and oxygen atoms in total. The van der Waals surface area contributed by atoms with Gasteiger partial charge in [0, 0.05) is 19.2 Å². The second-order valence-corrected chi connectivity index (χ2v) is 7.37. The maximum absolute atomic E-state index is 14.7. The van der Waals surface area contributed by atoms with E-state index in [1.165, 1.54) is 11.0 Å². The van der Waals surface area contributed by atoms with Gasteiger partial charge in [-0.25, -0.2) is 9.18 Å². The summed E-state index contributed by atoms with van der Waals surface area (Å²) in [6.45, 7) is 1.78. The van der Waals surface area contributed by atoms with Crippen molar-refractivity contribution < 1.29 is 18.7 Å². The lowest BCUT2D eigenvalue weighted by molar-refractivity contribution is -0.118. The van der Waals surface area contributed by atoms with E-state index in [2.05, 4.69) is 5.32 Å². The van der Waals surface area contributed by atoms with Crippen molar-refractivity contribution in [3.63, 3.8) is 0 Å². The summed E-state index contributed by atoms with van der Waals surface area (Å²) in [5.41, 5.74) is 1.99. The molecule has 28 heavy (non-hydrogen) atoms. The van der Waals surface area contributed by atoms with Gasteiger partial charge in [-0.3, -0.25) is 9.69 Å². The van der Waals surface area contributed by atoms with Crippen LogP contribution in [-0.4, -0.2) is 48.7 Å². The Morgan fingerprint density at radius 3 is 2.82 bits per heavy atom. The Labute approximate surface area is 176 Å². The normalized spacial score (nSPS) is 19.2. The number of benzene rings is 1. The van der Waals surface area contributed by atoms with Crippen LogP contribution in [0.5, 0.6) is 0 Å². The van der Waals surface area contributed by atoms with Crippen LogP contribution in [0, 0.1) is 17.1 Å². The van der Waals surface area contributed by atoms with Crippen molar-refractivity contribution in [2.24, 2.45) is 0 Å². The molecular weight excluding hydrogens is 478 g/mol. The largest absolute Gasteiger partial charge is 0.442 e. The van der Waals surface area contributed by atoms with Gasteiger partial charge in [0.05, 0.1) is 35.0 Å². The number of cyclic esters (lactones) is 1. The van der Waals surface area contributed by atoms with Gasteiger partial charge < -0.3 is 15.0 Å². The van der Waals surface area contributed by atoms with Gasteiger partial charge >= 0.3 is 6.09 Å². The van der Waals surface area contributed by atoms with E-state index in [4.69, 9.17) is 10.00 Å². The molecule has 2 aliphatic rings. The van der Waals surface area contributed by atoms with E-state index < -0.39 is 18.0 Å². The minimum atomic E-state index is -0.551. The maximum atomic E-state index is 14.7. The van der Waals surface area contributed by atoms with Crippen LogP contribution >= 0.6 is 22.6 Å². The number of nitriles is 1. The number of anilines is 2. The van der Waals surface area contributed by atoms with Crippen LogP contribution in [0.3, 0.4) is 0 Å². The molecule has 2 amide bonds. The highest BCUT2D eigenvalue weighted by Crippen LogP contribution is 2.30. The highest BCUT2D eigenvalue weighted by Gasteiger charge is 2.33. The molecule has 0 spiro atoms. The Hall–Kier alpha value is -2.35. The van der Waals surface area contributed by atoms with Gasteiger partial charge in [0.25, 0.3) is 0 Å². The molecule has 2 saturated heterocycles. The Morgan fingerprint density at radius 1 is 1.43 bits per heavy atom. The Kier molecular flexibility index (Phi) is 6.72. The molecule has 1 aromatic carbocycles. The van der Waals surface area contributed by atoms with Crippen LogP contribution in [0.15, 0.2) is 29.8 Å². The number of ether oxygens (including phenoxy) is 1. The molecular formula is C19H20FIN4O3. The fraction of sp³-hybridized carbons (Fsp3) is 0.421. The first kappa shape index (κ1) is 20.4. The standard InChI is InChI=1S/C19H20FIN4O3/c20-16-9-14(25-12-15(28-19(25)27)11-23-18(26)10-21)1-2-17(16)24-7-4-13(3-6-22)5-8-24/h1-3,9,15H,4-5,7-8,10-12H2,(H,23,26). The van der Waals surface area contributed by atoms with Crippen LogP contribution in [0.2, 0.25) is 0 Å². The predicted octanol–water partition coefficient (Wildman–Crippen LogP) is 2.75. The van der Waals surface area contributed by atoms with Gasteiger partial charge in [-0.1, -0.05) is 28.2 Å². The second-order valence-electron chi connectivity index (χ2n) is 6.61. The van der Waals surface area contributed by atoms with Crippen molar-refractivity contribution in [2.75, 3.05) is 40.4 Å². The van der Waals surface area contributed by atoms with Gasteiger partial charge in [0.2, 0.25) is 5.91 Å². The van der Waals surface area contributed by atoms with E-state index in [9.17, 15) is 14.0 Å². The highest BCUT2D eigenvalue weighted by atomic mass is 127. The number of hydrogen-bond donors (Lipinski definition) is 1. The molecule has 0 bridgehead atoms. The summed E-state index contributed by atoms with van der Waals surface area (Å²) in [5.74, 6) is -0.528. The van der Waals surface area contributed by atoms with Gasteiger partial charge in [-0.15, -0.1) is 0 Å². The van der Waals surface area contributed by atoms with E-state index in [-0.39, 0.29) is 19.0 Å². The van der Waals surface area contributed by atoms with Gasteiger partial charge in [0.15, 0.2) is 0 Å². The molecule has 1 aromatic rings. The number of amides is 2. The zero-order valence-corrected chi connectivity index (χ0v) is 17.3. The summed E-state index contributed by atoms with van der Waals surface area (Å²) in [6, 6.07) is 6.75. The summed E-state index contributed by atoms with van der Waals surface area (Å²) in [5, 5.41) is 11.4. The average Bonchev–Trinajstić information content (AvgIpc) is 3.07. The fourth-order valence-electron chi connectivity index (χ4n) is 3.30. The van der Waals surface area contributed by atoms with E-state index in [1.807, 2.05) is 33.6 Å². The lowest BCUT2D eigenvalue weighted by Gasteiger charge is -2.30. The minimum Gasteiger partial charge on any atom is -0.442 e. The third-order valence-electron chi connectivity index (χ3n) is 4.78. The number of nitrogens with zero attached hydrogens (tertiary/aromatic N) is 3. The third kappa shape index (κ3) is 4.73. The van der Waals surface area contributed by atoms with Crippen molar-refractivity contribution in [3.05, 3.63) is 35.7 Å². The van der Waals surface area contributed by atoms with Crippen LogP contribution in [0.25, 0.3) is 0 Å². The van der Waals surface area contributed by atoms with Crippen LogP contribution in [0.1, 0.15) is 12.8 Å². The first-order valence-electron chi connectivity index (χ1n) is 8.94. The number of carbonyl (C=O) groups excluding carboxylic acids is 2. The fourth-order valence-corrected chi connectivity index (χ4v) is 3.57. The number of halogens is 2. The number of alkyl halides is 1. The number of carbonyl (C=O) groups is 2. The molecule has 1 unspecified atom stereocenters. The molecule has 148 valence electrons. The van der Waals surface area contributed by atoms with Crippen molar-refractivity contribution in [1.82, 2.24) is 5.32 Å². The molecule has 0 radical (unpaired) electrons. The number of piperidine rings is 1. The molecule has 2 aliphatic heterocycles. The topological polar surface area (TPSA) is 85.7 Å². The lowest BCUT2D eigenvalue weighted by Crippen LogP contribution is -2.35. The summed E-state index contributed by atoms with van der Waals surface area (Å²) in [6.07, 6.45) is 2.02. The van der Waals surface area contributed by atoms with E-state index >= 15 is 0 Å². The van der Waals surface area contributed by atoms with Crippen LogP contribution in [-0.2, 0) is 9.53 Å². The first-order valence-corrected chi connectivity index (χ1v) is 10.5. The maximum Gasteiger partial charge on any atom is 0.414 e. The quantitative estimate of drug-likeness (QED) is 0.384. The molecule has 9 heteroatoms. The van der Waals surface area contributed by atoms with E-state index in [0.717, 1.165) is 18.4 Å². The Bertz CT molecular complexity index is 829. The minimum absolute atomic E-state index is 0.125. The molecule has 0 aromatic heterocycles. The predicted molar refractivity (Wildman–Crippen MR) is 111 cm³/mol. The second kappa shape index (κ2) is 9.23. The van der Waals surface area contributed by atoms with Crippen molar-refractivity contribution >= 4 is 46.0 Å². The lowest BCUT2D eigenvalue weighted by atomic mass is 10.0. The SMILES string of the molecule is N#CC=C1CCN(c2ccc(N3CC(CNC(=O)CI)OC3=O)cc2F)CC1. The monoisotopic (exact) mass is 498 g/mol. The number of hydrogen-bond acceptors (Lipinski definition) is 5. The Morgan fingerprint density at radius 2 is 2.18 bits per heavy atom. The summed E-state index contributed by atoms with van der Waals surface area (Å²) in [7, 11) is 0. The van der Waals surface area contributed by atoms with Gasteiger partial charge in [-0.2, -0.15) is 5.26 Å². The summed E-state index contributed by atoms with van der Waals surface area (Å²) in [4.78, 5) is 26.8. The third-order valence-corrected chi connectivity index (χ3v) is 5.47. The highest BCUT2D eigenvalue weighted by molar-refractivity contribution is 14.1. The zero-order valence-electron chi connectivity index (χ0n) is 15.2. The molecule has 1 N–H and O–H groups in total. The van der Waals surface area contributed by atoms with Crippen molar-refractivity contribution in [3.8, 4) is 6.07 Å². The molecule has 0 aliphatic carbocycles. The van der Waals surface area contributed by atoms with Crippen molar-refractivity contribution in [1.29, 1.82) is 5.26 Å². The zero-order chi connectivity index (χ0) is 20.1. The smallest absolute Gasteiger partial charge is 0.414 e. The van der Waals surface area contributed by atoms with Crippen molar-refractivity contribution in [2.45, 2.75) is 18.9 Å². The van der Waals surface area contributed by atoms with Crippen LogP contribution in [0.4, 0.5) is 20.6 Å². The van der Waals surface area contributed by atoms with Crippen LogP contribution < -0.4 is 15.1 Å². The number of rotatable bonds is 5. The summed E-state index contributed by atoms with van der Waals surface area (Å²) < 4.78 is 20.3.